The summed E-state index contributed by atoms with van der Waals surface area (Å²) >= 11 is 0. The van der Waals surface area contributed by atoms with E-state index in [0.29, 0.717) is 42.8 Å². The number of dihydropyridines is 1. The summed E-state index contributed by atoms with van der Waals surface area (Å²) in [5.74, 6) is 1.04. The van der Waals surface area contributed by atoms with Crippen LogP contribution < -0.4 is 21.1 Å². The van der Waals surface area contributed by atoms with Crippen LogP contribution in [0.15, 0.2) is 61.0 Å². The van der Waals surface area contributed by atoms with E-state index < -0.39 is 24.8 Å². The first kappa shape index (κ1) is 30.1. The van der Waals surface area contributed by atoms with Crippen LogP contribution >= 0.6 is 0 Å². The van der Waals surface area contributed by atoms with E-state index in [-0.39, 0.29) is 12.1 Å². The van der Waals surface area contributed by atoms with Gasteiger partial charge in [0.05, 0.1) is 29.3 Å². The number of piperidine rings is 1. The summed E-state index contributed by atoms with van der Waals surface area (Å²) in [6, 6.07) is 5.64. The van der Waals surface area contributed by atoms with Crippen LogP contribution in [0.25, 0.3) is 17.0 Å². The number of nitrogens with one attached hydrogen (secondary N) is 2. The molecule has 1 saturated carbocycles. The summed E-state index contributed by atoms with van der Waals surface area (Å²) in [5, 5.41) is 10.9. The zero-order chi connectivity index (χ0) is 30.7. The van der Waals surface area contributed by atoms with Gasteiger partial charge in [0.15, 0.2) is 11.5 Å². The fourth-order valence-corrected chi connectivity index (χ4v) is 5.87. The first-order valence-electron chi connectivity index (χ1n) is 15.1. The minimum absolute atomic E-state index is 0.0765. The zero-order valence-electron chi connectivity index (χ0n) is 24.7. The van der Waals surface area contributed by atoms with Gasteiger partial charge in [0.1, 0.15) is 24.6 Å². The number of alkyl halides is 3. The molecule has 0 spiro atoms. The van der Waals surface area contributed by atoms with Gasteiger partial charge in [-0.05, 0) is 69.8 Å². The highest BCUT2D eigenvalue weighted by molar-refractivity contribution is 5.78. The molecule has 1 aliphatic carbocycles. The van der Waals surface area contributed by atoms with Crippen molar-refractivity contribution in [3.05, 3.63) is 72.3 Å². The topological polar surface area (TPSA) is 119 Å². The Hall–Kier alpha value is -3.97. The van der Waals surface area contributed by atoms with E-state index in [1.165, 1.54) is 12.4 Å². The standard InChI is InChI=1S/C31H38F3N9O/c1-42-12-9-23(10-13-42)44-24-6-7-26(37-16-24)25-17-38-31(35,14-27(25)40-22-4-2-21(32)3-5-22)28-8-11-36-30(41-28)20-15-39-43(18-20)19-29(33)34/h6-8,11,14-18,21-23,29,38,40H,2-5,9-10,12-13,19,35H2,1H3. The second-order valence-corrected chi connectivity index (χ2v) is 11.8. The molecule has 3 aromatic rings. The van der Waals surface area contributed by atoms with Crippen LogP contribution in [0.4, 0.5) is 13.2 Å². The van der Waals surface area contributed by atoms with E-state index in [4.69, 9.17) is 15.5 Å². The van der Waals surface area contributed by atoms with Gasteiger partial charge in [0, 0.05) is 49.0 Å². The maximum atomic E-state index is 13.9. The molecule has 2 aliphatic heterocycles. The molecule has 3 aromatic heterocycles. The van der Waals surface area contributed by atoms with Crippen molar-refractivity contribution < 1.29 is 17.9 Å². The quantitative estimate of drug-likeness (QED) is 0.331. The van der Waals surface area contributed by atoms with Crippen molar-refractivity contribution >= 4 is 5.57 Å². The van der Waals surface area contributed by atoms with Crippen LogP contribution in [0.1, 0.15) is 49.9 Å². The van der Waals surface area contributed by atoms with Gasteiger partial charge in [0.25, 0.3) is 6.43 Å². The number of nitrogens with two attached hydrogens (primary N) is 1. The molecular formula is C31H38F3N9O. The number of rotatable bonds is 9. The number of hydrogen-bond donors (Lipinski definition) is 3. The lowest BCUT2D eigenvalue weighted by Crippen LogP contribution is -2.50. The Bertz CT molecular complexity index is 1480. The Morgan fingerprint density at radius 2 is 1.89 bits per heavy atom. The van der Waals surface area contributed by atoms with Gasteiger partial charge in [0.2, 0.25) is 0 Å². The maximum Gasteiger partial charge on any atom is 0.257 e. The van der Waals surface area contributed by atoms with Gasteiger partial charge >= 0.3 is 0 Å². The van der Waals surface area contributed by atoms with E-state index in [1.54, 1.807) is 18.5 Å². The normalized spacial score (nSPS) is 24.9. The van der Waals surface area contributed by atoms with E-state index in [1.807, 2.05) is 24.4 Å². The lowest BCUT2D eigenvalue weighted by atomic mass is 9.91. The Balaban J connectivity index is 1.25. The molecule has 0 aromatic carbocycles. The maximum absolute atomic E-state index is 13.9. The van der Waals surface area contributed by atoms with E-state index in [9.17, 15) is 13.2 Å². The molecule has 0 radical (unpaired) electrons. The Labute approximate surface area is 254 Å². The summed E-state index contributed by atoms with van der Waals surface area (Å²) in [7, 11) is 2.12. The minimum atomic E-state index is -2.52. The third-order valence-electron chi connectivity index (χ3n) is 8.41. The third kappa shape index (κ3) is 7.05. The molecule has 13 heteroatoms. The molecule has 44 heavy (non-hydrogen) atoms. The number of nitrogens with zero attached hydrogens (tertiary/aromatic N) is 6. The van der Waals surface area contributed by atoms with Gasteiger partial charge in [-0.15, -0.1) is 0 Å². The third-order valence-corrected chi connectivity index (χ3v) is 8.41. The minimum Gasteiger partial charge on any atom is -0.489 e. The highest BCUT2D eigenvalue weighted by Gasteiger charge is 2.33. The predicted molar refractivity (Wildman–Crippen MR) is 160 cm³/mol. The SMILES string of the molecule is CN1CCC(Oc2ccc(C3=CNC(N)(c4ccnc(-c5cnn(CC(F)F)c5)n4)C=C3NC3CCC(F)CC3)nc2)CC1. The first-order valence-corrected chi connectivity index (χ1v) is 15.1. The number of ether oxygens (including phenoxy) is 1. The van der Waals surface area contributed by atoms with Gasteiger partial charge in [-0.1, -0.05) is 0 Å². The van der Waals surface area contributed by atoms with Gasteiger partial charge in [-0.3, -0.25) is 9.67 Å². The second-order valence-electron chi connectivity index (χ2n) is 11.8. The van der Waals surface area contributed by atoms with Crippen LogP contribution in [-0.4, -0.2) is 74.5 Å². The number of pyridine rings is 1. The van der Waals surface area contributed by atoms with Gasteiger partial charge in [-0.2, -0.15) is 5.10 Å². The van der Waals surface area contributed by atoms with Crippen molar-refractivity contribution in [2.45, 2.75) is 75.5 Å². The van der Waals surface area contributed by atoms with Gasteiger partial charge in [-0.25, -0.2) is 23.1 Å². The zero-order valence-corrected chi connectivity index (χ0v) is 24.7. The van der Waals surface area contributed by atoms with Crippen LogP contribution in [0.5, 0.6) is 5.75 Å². The largest absolute Gasteiger partial charge is 0.489 e. The summed E-state index contributed by atoms with van der Waals surface area (Å²) in [5.41, 5.74) is 8.95. The molecule has 1 unspecified atom stereocenters. The van der Waals surface area contributed by atoms with Crippen LogP contribution in [0.3, 0.4) is 0 Å². The molecule has 1 atom stereocenters. The van der Waals surface area contributed by atoms with Crippen LogP contribution in [0.2, 0.25) is 0 Å². The van der Waals surface area contributed by atoms with Crippen molar-refractivity contribution in [1.29, 1.82) is 0 Å². The number of allylic oxidation sites excluding steroid dienone is 1. The van der Waals surface area contributed by atoms with E-state index in [0.717, 1.165) is 53.3 Å². The molecule has 2 fully saturated rings. The molecule has 5 heterocycles. The lowest BCUT2D eigenvalue weighted by molar-refractivity contribution is 0.114. The van der Waals surface area contributed by atoms with Crippen molar-refractivity contribution in [3.63, 3.8) is 0 Å². The summed E-state index contributed by atoms with van der Waals surface area (Å²) in [4.78, 5) is 16.0. The number of aromatic nitrogens is 5. The van der Waals surface area contributed by atoms with Crippen molar-refractivity contribution in [2.75, 3.05) is 20.1 Å². The molecule has 10 nitrogen and oxygen atoms in total. The number of likely N-dealkylation sites (tertiary alicyclic amines) is 1. The highest BCUT2D eigenvalue weighted by Crippen LogP contribution is 2.32. The van der Waals surface area contributed by atoms with E-state index >= 15 is 0 Å². The lowest BCUT2D eigenvalue weighted by Gasteiger charge is -2.35. The van der Waals surface area contributed by atoms with Crippen LogP contribution in [0, 0.1) is 0 Å². The molecule has 1 saturated heterocycles. The molecule has 6 rings (SSSR count). The van der Waals surface area contributed by atoms with Crippen LogP contribution in [-0.2, 0) is 12.2 Å². The average molecular weight is 610 g/mol. The molecule has 0 bridgehead atoms. The average Bonchev–Trinajstić information content (AvgIpc) is 3.48. The second kappa shape index (κ2) is 12.9. The van der Waals surface area contributed by atoms with Crippen molar-refractivity contribution in [2.24, 2.45) is 5.73 Å². The Morgan fingerprint density at radius 3 is 2.61 bits per heavy atom. The molecule has 3 aliphatic rings. The van der Waals surface area contributed by atoms with Gasteiger partial charge < -0.3 is 26.0 Å². The van der Waals surface area contributed by atoms with Crippen molar-refractivity contribution in [1.82, 2.24) is 40.3 Å². The monoisotopic (exact) mass is 609 g/mol. The number of halogens is 3. The predicted octanol–water partition coefficient (Wildman–Crippen LogP) is 3.98. The molecular weight excluding hydrogens is 571 g/mol. The fraction of sp³-hybridized carbons (Fsp3) is 0.484. The summed E-state index contributed by atoms with van der Waals surface area (Å²) in [6.45, 7) is 1.50. The molecule has 0 amide bonds. The first-order chi connectivity index (χ1) is 21.2. The molecule has 4 N–H and O–H groups in total. The molecule has 234 valence electrons. The highest BCUT2D eigenvalue weighted by atomic mass is 19.3. The Kier molecular flexibility index (Phi) is 8.85. The Morgan fingerprint density at radius 1 is 1.09 bits per heavy atom. The summed E-state index contributed by atoms with van der Waals surface area (Å²) in [6.07, 6.45) is 11.2. The van der Waals surface area contributed by atoms with Crippen molar-refractivity contribution in [3.8, 4) is 17.1 Å². The fourth-order valence-electron chi connectivity index (χ4n) is 5.87. The van der Waals surface area contributed by atoms with E-state index in [2.05, 4.69) is 37.6 Å². The summed E-state index contributed by atoms with van der Waals surface area (Å²) < 4.78 is 46.9. The number of hydrogen-bond acceptors (Lipinski definition) is 9. The smallest absolute Gasteiger partial charge is 0.257 e.